The summed E-state index contributed by atoms with van der Waals surface area (Å²) in [5.74, 6) is -0.713. The van der Waals surface area contributed by atoms with Crippen molar-refractivity contribution in [1.82, 2.24) is 10.6 Å². The first-order valence-corrected chi connectivity index (χ1v) is 7.90. The highest BCUT2D eigenvalue weighted by molar-refractivity contribution is 7.92. The van der Waals surface area contributed by atoms with Crippen LogP contribution in [0.5, 0.6) is 0 Å². The van der Waals surface area contributed by atoms with Crippen LogP contribution < -0.4 is 10.6 Å². The largest absolute Gasteiger partial charge is 0.356 e. The van der Waals surface area contributed by atoms with Crippen LogP contribution in [0.2, 0.25) is 0 Å². The van der Waals surface area contributed by atoms with Gasteiger partial charge in [0.05, 0.1) is 5.75 Å². The molecule has 0 aliphatic rings. The second kappa shape index (κ2) is 8.47. The Morgan fingerprint density at radius 1 is 1.24 bits per heavy atom. The molecule has 2 N–H and O–H groups in total. The van der Waals surface area contributed by atoms with Crippen LogP contribution >= 0.6 is 0 Å². The van der Waals surface area contributed by atoms with E-state index >= 15 is 0 Å². The molecule has 0 spiro atoms. The highest BCUT2D eigenvalue weighted by Gasteiger charge is 2.15. The van der Waals surface area contributed by atoms with Gasteiger partial charge in [0.2, 0.25) is 5.91 Å². The number of sulfone groups is 1. The SMILES string of the molecule is CCNC(=O)CS(=O)(=O)CCCCNC(C)C. The minimum Gasteiger partial charge on any atom is -0.356 e. The molecule has 0 rings (SSSR count). The van der Waals surface area contributed by atoms with Crippen LogP contribution in [0, 0.1) is 0 Å². The second-order valence-electron chi connectivity index (χ2n) is 4.36. The van der Waals surface area contributed by atoms with Crippen molar-refractivity contribution in [1.29, 1.82) is 0 Å². The molecule has 0 unspecified atom stereocenters. The Hall–Kier alpha value is -0.620. The number of unbranched alkanes of at least 4 members (excludes halogenated alkanes) is 1. The maximum atomic E-state index is 11.5. The number of hydrogen-bond acceptors (Lipinski definition) is 4. The molecular formula is C11H24N2O3S. The van der Waals surface area contributed by atoms with Gasteiger partial charge in [0.15, 0.2) is 9.84 Å². The standard InChI is InChI=1S/C11H24N2O3S/c1-4-12-11(14)9-17(15,16)8-6-5-7-13-10(2)3/h10,13H,4-9H2,1-3H3,(H,12,14). The zero-order valence-electron chi connectivity index (χ0n) is 11.0. The van der Waals surface area contributed by atoms with Crippen molar-refractivity contribution in [3.8, 4) is 0 Å². The minimum atomic E-state index is -3.24. The molecular weight excluding hydrogens is 240 g/mol. The molecule has 0 aromatic rings. The molecule has 0 aliphatic heterocycles. The Bertz CT molecular complexity index is 313. The monoisotopic (exact) mass is 264 g/mol. The molecule has 6 heteroatoms. The topological polar surface area (TPSA) is 75.3 Å². The highest BCUT2D eigenvalue weighted by Crippen LogP contribution is 1.97. The summed E-state index contributed by atoms with van der Waals surface area (Å²) in [5, 5.41) is 5.71. The van der Waals surface area contributed by atoms with Crippen LogP contribution in [0.3, 0.4) is 0 Å². The Balaban J connectivity index is 3.75. The third-order valence-electron chi connectivity index (χ3n) is 2.16. The second-order valence-corrected chi connectivity index (χ2v) is 6.55. The van der Waals surface area contributed by atoms with Crippen LogP contribution in [0.1, 0.15) is 33.6 Å². The van der Waals surface area contributed by atoms with Gasteiger partial charge in [-0.3, -0.25) is 4.79 Å². The molecule has 1 amide bonds. The molecule has 0 aromatic heterocycles. The Labute approximate surface area is 104 Å². The summed E-state index contributed by atoms with van der Waals surface area (Å²) in [6.07, 6.45) is 1.41. The first kappa shape index (κ1) is 16.4. The molecule has 0 aliphatic carbocycles. The van der Waals surface area contributed by atoms with Crippen molar-refractivity contribution in [3.05, 3.63) is 0 Å². The van der Waals surface area contributed by atoms with Crippen LogP contribution in [0.25, 0.3) is 0 Å². The number of carbonyl (C=O) groups is 1. The predicted octanol–water partition coefficient (Wildman–Crippen LogP) is 0.316. The molecule has 0 bridgehead atoms. The zero-order chi connectivity index (χ0) is 13.3. The molecule has 102 valence electrons. The van der Waals surface area contributed by atoms with Crippen molar-refractivity contribution in [2.75, 3.05) is 24.6 Å². The lowest BCUT2D eigenvalue weighted by atomic mass is 10.3. The van der Waals surface area contributed by atoms with E-state index in [4.69, 9.17) is 0 Å². The Morgan fingerprint density at radius 2 is 1.88 bits per heavy atom. The zero-order valence-corrected chi connectivity index (χ0v) is 11.8. The maximum Gasteiger partial charge on any atom is 0.235 e. The average molecular weight is 264 g/mol. The third-order valence-corrected chi connectivity index (χ3v) is 3.77. The van der Waals surface area contributed by atoms with Gasteiger partial charge >= 0.3 is 0 Å². The number of hydrogen-bond donors (Lipinski definition) is 2. The van der Waals surface area contributed by atoms with Gasteiger partial charge < -0.3 is 10.6 Å². The highest BCUT2D eigenvalue weighted by atomic mass is 32.2. The quantitative estimate of drug-likeness (QED) is 0.588. The van der Waals surface area contributed by atoms with E-state index in [-0.39, 0.29) is 5.75 Å². The molecule has 5 nitrogen and oxygen atoms in total. The van der Waals surface area contributed by atoms with E-state index in [1.807, 2.05) is 13.8 Å². The molecule has 0 saturated carbocycles. The number of rotatable bonds is 9. The van der Waals surface area contributed by atoms with Gasteiger partial charge in [-0.05, 0) is 26.3 Å². The molecule has 0 aromatic carbocycles. The van der Waals surface area contributed by atoms with E-state index in [9.17, 15) is 13.2 Å². The predicted molar refractivity (Wildman–Crippen MR) is 69.7 cm³/mol. The first-order chi connectivity index (χ1) is 7.87. The van der Waals surface area contributed by atoms with Gasteiger partial charge in [0.25, 0.3) is 0 Å². The van der Waals surface area contributed by atoms with Gasteiger partial charge in [-0.25, -0.2) is 8.42 Å². The van der Waals surface area contributed by atoms with E-state index in [0.717, 1.165) is 13.0 Å². The van der Waals surface area contributed by atoms with Gasteiger partial charge in [-0.2, -0.15) is 0 Å². The maximum absolute atomic E-state index is 11.5. The summed E-state index contributed by atoms with van der Waals surface area (Å²) in [6.45, 7) is 7.14. The summed E-state index contributed by atoms with van der Waals surface area (Å²) < 4.78 is 23.1. The third kappa shape index (κ3) is 10.3. The van der Waals surface area contributed by atoms with Crippen LogP contribution in [0.4, 0.5) is 0 Å². The summed E-state index contributed by atoms with van der Waals surface area (Å²) in [4.78, 5) is 11.1. The first-order valence-electron chi connectivity index (χ1n) is 6.08. The number of amides is 1. The van der Waals surface area contributed by atoms with Crippen LogP contribution in [-0.2, 0) is 14.6 Å². The fraction of sp³-hybridized carbons (Fsp3) is 0.909. The summed E-state index contributed by atoms with van der Waals surface area (Å²) in [5.41, 5.74) is 0. The van der Waals surface area contributed by atoms with E-state index in [1.165, 1.54) is 0 Å². The van der Waals surface area contributed by atoms with Crippen LogP contribution in [-0.4, -0.2) is 45.0 Å². The molecule has 0 heterocycles. The lowest BCUT2D eigenvalue weighted by Crippen LogP contribution is -2.31. The smallest absolute Gasteiger partial charge is 0.235 e. The van der Waals surface area contributed by atoms with Crippen LogP contribution in [0.15, 0.2) is 0 Å². The van der Waals surface area contributed by atoms with E-state index in [1.54, 1.807) is 6.92 Å². The van der Waals surface area contributed by atoms with E-state index in [0.29, 0.717) is 19.0 Å². The normalized spacial score (nSPS) is 11.8. The van der Waals surface area contributed by atoms with Crippen molar-refractivity contribution in [2.45, 2.75) is 39.7 Å². The summed E-state index contributed by atoms with van der Waals surface area (Å²) in [7, 11) is -3.24. The molecule has 17 heavy (non-hydrogen) atoms. The van der Waals surface area contributed by atoms with Gasteiger partial charge in [0.1, 0.15) is 5.75 Å². The Morgan fingerprint density at radius 3 is 2.41 bits per heavy atom. The summed E-state index contributed by atoms with van der Waals surface area (Å²) >= 11 is 0. The van der Waals surface area contributed by atoms with Crippen molar-refractivity contribution < 1.29 is 13.2 Å². The van der Waals surface area contributed by atoms with Gasteiger partial charge in [-0.1, -0.05) is 13.8 Å². The van der Waals surface area contributed by atoms with Crippen molar-refractivity contribution in [3.63, 3.8) is 0 Å². The molecule has 0 radical (unpaired) electrons. The molecule has 0 atom stereocenters. The van der Waals surface area contributed by atoms with Crippen molar-refractivity contribution in [2.24, 2.45) is 0 Å². The lowest BCUT2D eigenvalue weighted by Gasteiger charge is -2.08. The van der Waals surface area contributed by atoms with E-state index in [2.05, 4.69) is 10.6 Å². The van der Waals surface area contributed by atoms with Gasteiger partial charge in [0, 0.05) is 12.6 Å². The molecule has 0 saturated heterocycles. The Kier molecular flexibility index (Phi) is 8.16. The minimum absolute atomic E-state index is 0.0872. The number of carbonyl (C=O) groups excluding carboxylic acids is 1. The van der Waals surface area contributed by atoms with Gasteiger partial charge in [-0.15, -0.1) is 0 Å². The molecule has 0 fully saturated rings. The number of nitrogens with one attached hydrogen (secondary N) is 2. The van der Waals surface area contributed by atoms with Crippen molar-refractivity contribution >= 4 is 15.7 Å². The summed E-state index contributed by atoms with van der Waals surface area (Å²) in [6, 6.07) is 0.418. The fourth-order valence-electron chi connectivity index (χ4n) is 1.36. The van der Waals surface area contributed by atoms with E-state index < -0.39 is 21.5 Å². The lowest BCUT2D eigenvalue weighted by molar-refractivity contribution is -0.118. The fourth-order valence-corrected chi connectivity index (χ4v) is 2.65. The average Bonchev–Trinajstić information content (AvgIpc) is 2.15.